The highest BCUT2D eigenvalue weighted by Crippen LogP contribution is 2.35. The van der Waals surface area contributed by atoms with Gasteiger partial charge in [0, 0.05) is 11.6 Å². The third kappa shape index (κ3) is 3.29. The SMILES string of the molecule is CC[C@@H](C)NC(=O)c1cc(Cl)c(OC)c(OC)c1. The van der Waals surface area contributed by atoms with E-state index < -0.39 is 0 Å². The summed E-state index contributed by atoms with van der Waals surface area (Å²) in [5.41, 5.74) is 0.456. The summed E-state index contributed by atoms with van der Waals surface area (Å²) in [6.07, 6.45) is 0.868. The molecule has 1 N–H and O–H groups in total. The predicted molar refractivity (Wildman–Crippen MR) is 71.8 cm³/mol. The standard InChI is InChI=1S/C13H18ClNO3/c1-5-8(2)15-13(16)9-6-10(14)12(18-4)11(7-9)17-3/h6-8H,5H2,1-4H3,(H,15,16)/t8-/m1/s1. The third-order valence-electron chi connectivity index (χ3n) is 2.69. The van der Waals surface area contributed by atoms with Gasteiger partial charge in [0.05, 0.1) is 19.2 Å². The number of ether oxygens (including phenoxy) is 2. The number of hydrogen-bond acceptors (Lipinski definition) is 3. The average molecular weight is 272 g/mol. The van der Waals surface area contributed by atoms with Crippen LogP contribution in [0.15, 0.2) is 12.1 Å². The van der Waals surface area contributed by atoms with Crippen molar-refractivity contribution in [2.45, 2.75) is 26.3 Å². The summed E-state index contributed by atoms with van der Waals surface area (Å²) < 4.78 is 10.3. The van der Waals surface area contributed by atoms with Crippen LogP contribution >= 0.6 is 11.6 Å². The Balaban J connectivity index is 3.04. The van der Waals surface area contributed by atoms with Crippen LogP contribution in [-0.4, -0.2) is 26.2 Å². The highest BCUT2D eigenvalue weighted by Gasteiger charge is 2.15. The summed E-state index contributed by atoms with van der Waals surface area (Å²) in [5.74, 6) is 0.700. The van der Waals surface area contributed by atoms with Crippen molar-refractivity contribution in [1.29, 1.82) is 0 Å². The molecule has 0 saturated carbocycles. The van der Waals surface area contributed by atoms with Crippen LogP contribution in [0.5, 0.6) is 11.5 Å². The largest absolute Gasteiger partial charge is 0.493 e. The van der Waals surface area contributed by atoms with Crippen LogP contribution in [0.3, 0.4) is 0 Å². The molecule has 5 heteroatoms. The molecule has 1 amide bonds. The molecular formula is C13H18ClNO3. The summed E-state index contributed by atoms with van der Waals surface area (Å²) in [6.45, 7) is 3.95. The van der Waals surface area contributed by atoms with E-state index in [4.69, 9.17) is 21.1 Å². The first-order valence-corrected chi connectivity index (χ1v) is 6.13. The molecule has 0 heterocycles. The van der Waals surface area contributed by atoms with Crippen LogP contribution in [0, 0.1) is 0 Å². The number of nitrogens with one attached hydrogen (secondary N) is 1. The van der Waals surface area contributed by atoms with Crippen LogP contribution in [0.2, 0.25) is 5.02 Å². The van der Waals surface area contributed by atoms with Gasteiger partial charge in [0.1, 0.15) is 0 Å². The Labute approximate surface area is 112 Å². The Morgan fingerprint density at radius 2 is 2.06 bits per heavy atom. The van der Waals surface area contributed by atoms with Gasteiger partial charge in [-0.2, -0.15) is 0 Å². The molecule has 0 aliphatic rings. The van der Waals surface area contributed by atoms with Crippen molar-refractivity contribution in [3.05, 3.63) is 22.7 Å². The van der Waals surface area contributed by atoms with Crippen molar-refractivity contribution in [3.8, 4) is 11.5 Å². The number of methoxy groups -OCH3 is 2. The molecule has 18 heavy (non-hydrogen) atoms. The molecule has 1 atom stereocenters. The molecular weight excluding hydrogens is 254 g/mol. The Bertz CT molecular complexity index is 434. The van der Waals surface area contributed by atoms with Gasteiger partial charge in [0.25, 0.3) is 5.91 Å². The fraction of sp³-hybridized carbons (Fsp3) is 0.462. The number of amides is 1. The quantitative estimate of drug-likeness (QED) is 0.896. The van der Waals surface area contributed by atoms with E-state index in [1.54, 1.807) is 12.1 Å². The zero-order chi connectivity index (χ0) is 13.7. The van der Waals surface area contributed by atoms with Gasteiger partial charge in [-0.3, -0.25) is 4.79 Å². The van der Waals surface area contributed by atoms with E-state index in [1.165, 1.54) is 14.2 Å². The zero-order valence-electron chi connectivity index (χ0n) is 11.0. The number of hydrogen-bond donors (Lipinski definition) is 1. The number of carbonyl (C=O) groups is 1. The minimum atomic E-state index is -0.174. The Kier molecular flexibility index (Phi) is 5.28. The van der Waals surface area contributed by atoms with Gasteiger partial charge in [-0.1, -0.05) is 18.5 Å². The van der Waals surface area contributed by atoms with Crippen molar-refractivity contribution >= 4 is 17.5 Å². The van der Waals surface area contributed by atoms with Gasteiger partial charge in [-0.15, -0.1) is 0 Å². The lowest BCUT2D eigenvalue weighted by Crippen LogP contribution is -2.31. The summed E-state index contributed by atoms with van der Waals surface area (Å²) in [7, 11) is 3.01. The Morgan fingerprint density at radius 1 is 1.39 bits per heavy atom. The Morgan fingerprint density at radius 3 is 2.56 bits per heavy atom. The molecule has 0 radical (unpaired) electrons. The third-order valence-corrected chi connectivity index (χ3v) is 2.97. The molecule has 1 aromatic rings. The van der Waals surface area contributed by atoms with Crippen LogP contribution in [0.25, 0.3) is 0 Å². The van der Waals surface area contributed by atoms with Crippen molar-refractivity contribution in [2.24, 2.45) is 0 Å². The molecule has 0 unspecified atom stereocenters. The van der Waals surface area contributed by atoms with Gasteiger partial charge in [-0.05, 0) is 25.5 Å². The number of halogens is 1. The maximum Gasteiger partial charge on any atom is 0.251 e. The molecule has 1 aromatic carbocycles. The number of rotatable bonds is 5. The summed E-state index contributed by atoms with van der Waals surface area (Å²) in [5, 5.41) is 3.22. The number of carbonyl (C=O) groups excluding carboxylic acids is 1. The average Bonchev–Trinajstić information content (AvgIpc) is 2.37. The smallest absolute Gasteiger partial charge is 0.251 e. The minimum absolute atomic E-state index is 0.115. The zero-order valence-corrected chi connectivity index (χ0v) is 11.8. The van der Waals surface area contributed by atoms with Gasteiger partial charge >= 0.3 is 0 Å². The molecule has 100 valence electrons. The lowest BCUT2D eigenvalue weighted by molar-refractivity contribution is 0.0939. The summed E-state index contributed by atoms with van der Waals surface area (Å²) >= 11 is 6.04. The second kappa shape index (κ2) is 6.50. The van der Waals surface area contributed by atoms with Crippen LogP contribution in [0.1, 0.15) is 30.6 Å². The fourth-order valence-corrected chi connectivity index (χ4v) is 1.75. The second-order valence-corrected chi connectivity index (χ2v) is 4.38. The molecule has 4 nitrogen and oxygen atoms in total. The molecule has 0 fully saturated rings. The van der Waals surface area contributed by atoms with Crippen LogP contribution < -0.4 is 14.8 Å². The molecule has 1 rings (SSSR count). The van der Waals surface area contributed by atoms with Crippen molar-refractivity contribution in [1.82, 2.24) is 5.32 Å². The molecule has 0 spiro atoms. The molecule has 0 saturated heterocycles. The maximum atomic E-state index is 12.0. The Hall–Kier alpha value is -1.42. The molecule has 0 aliphatic carbocycles. The lowest BCUT2D eigenvalue weighted by Gasteiger charge is -2.14. The van der Waals surface area contributed by atoms with Gasteiger partial charge in [-0.25, -0.2) is 0 Å². The molecule has 0 aromatic heterocycles. The van der Waals surface area contributed by atoms with E-state index in [0.29, 0.717) is 22.1 Å². The molecule has 0 aliphatic heterocycles. The fourth-order valence-electron chi connectivity index (χ4n) is 1.46. The predicted octanol–water partition coefficient (Wildman–Crippen LogP) is 2.89. The highest BCUT2D eigenvalue weighted by molar-refractivity contribution is 6.32. The van der Waals surface area contributed by atoms with E-state index >= 15 is 0 Å². The van der Waals surface area contributed by atoms with Crippen molar-refractivity contribution in [2.75, 3.05) is 14.2 Å². The second-order valence-electron chi connectivity index (χ2n) is 3.98. The van der Waals surface area contributed by atoms with Crippen LogP contribution in [-0.2, 0) is 0 Å². The van der Waals surface area contributed by atoms with Gasteiger partial charge in [0.2, 0.25) is 0 Å². The van der Waals surface area contributed by atoms with E-state index in [1.807, 2.05) is 13.8 Å². The first-order valence-electron chi connectivity index (χ1n) is 5.75. The van der Waals surface area contributed by atoms with Gasteiger partial charge in [0.15, 0.2) is 11.5 Å². The van der Waals surface area contributed by atoms with E-state index in [9.17, 15) is 4.79 Å². The first kappa shape index (κ1) is 14.6. The molecule has 0 bridgehead atoms. The van der Waals surface area contributed by atoms with Gasteiger partial charge < -0.3 is 14.8 Å². The summed E-state index contributed by atoms with van der Waals surface area (Å²) in [6, 6.07) is 3.30. The minimum Gasteiger partial charge on any atom is -0.493 e. The number of benzene rings is 1. The first-order chi connectivity index (χ1) is 8.53. The van der Waals surface area contributed by atoms with E-state index in [0.717, 1.165) is 6.42 Å². The van der Waals surface area contributed by atoms with E-state index in [2.05, 4.69) is 5.32 Å². The van der Waals surface area contributed by atoms with Crippen LogP contribution in [0.4, 0.5) is 0 Å². The van der Waals surface area contributed by atoms with Crippen molar-refractivity contribution < 1.29 is 14.3 Å². The highest BCUT2D eigenvalue weighted by atomic mass is 35.5. The lowest BCUT2D eigenvalue weighted by atomic mass is 10.1. The topological polar surface area (TPSA) is 47.6 Å². The normalized spacial score (nSPS) is 11.8. The summed E-state index contributed by atoms with van der Waals surface area (Å²) in [4.78, 5) is 12.0. The van der Waals surface area contributed by atoms with E-state index in [-0.39, 0.29) is 11.9 Å². The monoisotopic (exact) mass is 271 g/mol. The van der Waals surface area contributed by atoms with Crippen molar-refractivity contribution in [3.63, 3.8) is 0 Å². The maximum absolute atomic E-state index is 12.0.